The summed E-state index contributed by atoms with van der Waals surface area (Å²) in [4.78, 5) is 19.3. The Labute approximate surface area is 221 Å². The number of anilines is 1. The van der Waals surface area contributed by atoms with E-state index in [1.807, 2.05) is 91.8 Å². The third-order valence-corrected chi connectivity index (χ3v) is 7.27. The number of nitrogens with one attached hydrogen (secondary N) is 1. The molecule has 1 N–H and O–H groups in total. The fourth-order valence-electron chi connectivity index (χ4n) is 5.47. The van der Waals surface area contributed by atoms with Gasteiger partial charge in [-0.1, -0.05) is 54.6 Å². The number of fused-ring (bicyclic) bond motifs is 2. The van der Waals surface area contributed by atoms with Crippen LogP contribution in [0.3, 0.4) is 0 Å². The standard InChI is InChI=1S/C32H28N2O4/c1-34(2)21-14-16-25-24(18-21)31(35)38-32(25,26-17-15-22(36-3)19-28(26)37-4)29-23-12-8-9-13-27(23)33-30(29)20-10-6-5-7-11-20/h5-19,33H,1-4H3. The van der Waals surface area contributed by atoms with Crippen LogP contribution < -0.4 is 14.4 Å². The van der Waals surface area contributed by atoms with Crippen molar-refractivity contribution in [2.75, 3.05) is 33.2 Å². The van der Waals surface area contributed by atoms with E-state index in [4.69, 9.17) is 14.2 Å². The first-order chi connectivity index (χ1) is 18.5. The van der Waals surface area contributed by atoms with E-state index in [0.29, 0.717) is 22.6 Å². The minimum atomic E-state index is -1.28. The van der Waals surface area contributed by atoms with Gasteiger partial charge < -0.3 is 24.1 Å². The monoisotopic (exact) mass is 504 g/mol. The van der Waals surface area contributed by atoms with Crippen molar-refractivity contribution in [3.05, 3.63) is 113 Å². The number of benzene rings is 4. The molecular weight excluding hydrogens is 476 g/mol. The maximum Gasteiger partial charge on any atom is 0.340 e. The van der Waals surface area contributed by atoms with Gasteiger partial charge in [-0.2, -0.15) is 0 Å². The molecule has 0 bridgehead atoms. The second-order valence-electron chi connectivity index (χ2n) is 9.55. The van der Waals surface area contributed by atoms with E-state index in [-0.39, 0.29) is 5.97 Å². The molecule has 2 heterocycles. The van der Waals surface area contributed by atoms with Gasteiger partial charge in [0.15, 0.2) is 5.60 Å². The van der Waals surface area contributed by atoms with E-state index in [0.717, 1.165) is 39.0 Å². The van der Waals surface area contributed by atoms with Crippen LogP contribution in [0, 0.1) is 0 Å². The van der Waals surface area contributed by atoms with Crippen LogP contribution in [-0.4, -0.2) is 39.3 Å². The van der Waals surface area contributed by atoms with E-state index in [2.05, 4.69) is 23.2 Å². The van der Waals surface area contributed by atoms with E-state index in [1.54, 1.807) is 14.2 Å². The van der Waals surface area contributed by atoms with E-state index in [9.17, 15) is 4.79 Å². The molecule has 190 valence electrons. The van der Waals surface area contributed by atoms with Crippen molar-refractivity contribution in [3.63, 3.8) is 0 Å². The van der Waals surface area contributed by atoms with Gasteiger partial charge in [0.2, 0.25) is 0 Å². The van der Waals surface area contributed by atoms with Gasteiger partial charge in [-0.15, -0.1) is 0 Å². The average molecular weight is 505 g/mol. The van der Waals surface area contributed by atoms with Crippen molar-refractivity contribution in [1.29, 1.82) is 0 Å². The van der Waals surface area contributed by atoms with Gasteiger partial charge in [0.05, 0.1) is 25.5 Å². The maximum absolute atomic E-state index is 13.7. The first kappa shape index (κ1) is 23.7. The smallest absolute Gasteiger partial charge is 0.340 e. The van der Waals surface area contributed by atoms with Crippen LogP contribution >= 0.6 is 0 Å². The van der Waals surface area contributed by atoms with Crippen LogP contribution in [0.2, 0.25) is 0 Å². The number of cyclic esters (lactones) is 1. The van der Waals surface area contributed by atoms with Gasteiger partial charge in [-0.3, -0.25) is 0 Å². The molecule has 0 saturated carbocycles. The molecule has 6 nitrogen and oxygen atoms in total. The summed E-state index contributed by atoms with van der Waals surface area (Å²) in [7, 11) is 7.14. The number of esters is 1. The highest BCUT2D eigenvalue weighted by Crippen LogP contribution is 2.55. The Bertz CT molecular complexity index is 1670. The molecule has 1 aliphatic rings. The Balaban J connectivity index is 1.78. The van der Waals surface area contributed by atoms with Gasteiger partial charge in [-0.05, 0) is 35.9 Å². The molecule has 0 radical (unpaired) electrons. The zero-order valence-electron chi connectivity index (χ0n) is 21.7. The highest BCUT2D eigenvalue weighted by molar-refractivity contribution is 6.01. The summed E-state index contributed by atoms with van der Waals surface area (Å²) in [5, 5.41) is 0.960. The largest absolute Gasteiger partial charge is 0.497 e. The van der Waals surface area contributed by atoms with Gasteiger partial charge in [0.25, 0.3) is 0 Å². The first-order valence-corrected chi connectivity index (χ1v) is 12.4. The Hall–Kier alpha value is -4.71. The maximum atomic E-state index is 13.7. The molecule has 0 saturated heterocycles. The molecule has 1 aromatic heterocycles. The number of carbonyl (C=O) groups excluding carboxylic acids is 1. The minimum Gasteiger partial charge on any atom is -0.497 e. The fraction of sp³-hybridized carbons (Fsp3) is 0.156. The quantitative estimate of drug-likeness (QED) is 0.272. The number of hydrogen-bond donors (Lipinski definition) is 1. The lowest BCUT2D eigenvalue weighted by Gasteiger charge is -2.32. The molecule has 6 rings (SSSR count). The topological polar surface area (TPSA) is 63.8 Å². The van der Waals surface area contributed by atoms with Crippen molar-refractivity contribution in [2.45, 2.75) is 5.60 Å². The predicted molar refractivity (Wildman–Crippen MR) is 149 cm³/mol. The number of hydrogen-bond acceptors (Lipinski definition) is 5. The van der Waals surface area contributed by atoms with Gasteiger partial charge >= 0.3 is 5.97 Å². The van der Waals surface area contributed by atoms with E-state index >= 15 is 0 Å². The van der Waals surface area contributed by atoms with E-state index in [1.165, 1.54) is 0 Å². The predicted octanol–water partition coefficient (Wildman–Crippen LogP) is 6.38. The molecule has 1 atom stereocenters. The number of nitrogens with zero attached hydrogens (tertiary/aromatic N) is 1. The average Bonchev–Trinajstić information content (AvgIpc) is 3.49. The van der Waals surface area contributed by atoms with Crippen molar-refractivity contribution in [1.82, 2.24) is 4.98 Å². The summed E-state index contributed by atoms with van der Waals surface area (Å²) in [6, 6.07) is 29.7. The van der Waals surface area contributed by atoms with Gasteiger partial charge in [0, 0.05) is 53.4 Å². The molecule has 0 fully saturated rings. The summed E-state index contributed by atoms with van der Waals surface area (Å²) in [6.45, 7) is 0. The third kappa shape index (κ3) is 3.44. The van der Waals surface area contributed by atoms with Crippen LogP contribution in [0.4, 0.5) is 5.69 Å². The normalized spacial score (nSPS) is 16.3. The first-order valence-electron chi connectivity index (χ1n) is 12.4. The van der Waals surface area contributed by atoms with Crippen molar-refractivity contribution >= 4 is 22.6 Å². The number of aromatic nitrogens is 1. The third-order valence-electron chi connectivity index (χ3n) is 7.27. The van der Waals surface area contributed by atoms with Crippen molar-refractivity contribution in [3.8, 4) is 22.8 Å². The number of aromatic amines is 1. The summed E-state index contributed by atoms with van der Waals surface area (Å²) in [5.74, 6) is 0.826. The molecular formula is C32H28N2O4. The highest BCUT2D eigenvalue weighted by Gasteiger charge is 2.53. The van der Waals surface area contributed by atoms with Crippen LogP contribution in [0.5, 0.6) is 11.5 Å². The minimum absolute atomic E-state index is 0.383. The number of ether oxygens (including phenoxy) is 3. The van der Waals surface area contributed by atoms with Crippen LogP contribution in [0.15, 0.2) is 91.0 Å². The second-order valence-corrected chi connectivity index (χ2v) is 9.55. The molecule has 0 aliphatic carbocycles. The van der Waals surface area contributed by atoms with Crippen molar-refractivity contribution in [2.24, 2.45) is 0 Å². The second kappa shape index (κ2) is 8.99. The zero-order valence-corrected chi connectivity index (χ0v) is 21.7. The Kier molecular flexibility index (Phi) is 5.60. The molecule has 1 unspecified atom stereocenters. The molecule has 38 heavy (non-hydrogen) atoms. The van der Waals surface area contributed by atoms with Crippen LogP contribution in [0.1, 0.15) is 27.0 Å². The Morgan fingerprint density at radius 1 is 0.816 bits per heavy atom. The highest BCUT2D eigenvalue weighted by atomic mass is 16.6. The fourth-order valence-corrected chi connectivity index (χ4v) is 5.47. The SMILES string of the molecule is COc1ccc(C2(c3c(-c4ccccc4)[nH]c4ccccc34)OC(=O)c3cc(N(C)C)ccc32)c(OC)c1. The van der Waals surface area contributed by atoms with Crippen LogP contribution in [0.25, 0.3) is 22.2 Å². The molecule has 1 aliphatic heterocycles. The lowest BCUT2D eigenvalue weighted by molar-refractivity contribution is 0.0251. The molecule has 5 aromatic rings. The Morgan fingerprint density at radius 2 is 1.55 bits per heavy atom. The molecule has 4 aromatic carbocycles. The molecule has 6 heteroatoms. The van der Waals surface area contributed by atoms with E-state index < -0.39 is 5.60 Å². The van der Waals surface area contributed by atoms with Gasteiger partial charge in [-0.25, -0.2) is 4.79 Å². The lowest BCUT2D eigenvalue weighted by atomic mass is 9.77. The number of H-pyrrole nitrogens is 1. The number of rotatable bonds is 6. The summed E-state index contributed by atoms with van der Waals surface area (Å²) in [5.41, 5.74) is 5.31. The van der Waals surface area contributed by atoms with Crippen molar-refractivity contribution < 1.29 is 19.0 Å². The summed E-state index contributed by atoms with van der Waals surface area (Å²) in [6.07, 6.45) is 0. The summed E-state index contributed by atoms with van der Waals surface area (Å²) < 4.78 is 18.0. The summed E-state index contributed by atoms with van der Waals surface area (Å²) >= 11 is 0. The Morgan fingerprint density at radius 3 is 2.29 bits per heavy atom. The van der Waals surface area contributed by atoms with Gasteiger partial charge in [0.1, 0.15) is 11.5 Å². The number of para-hydroxylation sites is 1. The zero-order chi connectivity index (χ0) is 26.4. The lowest BCUT2D eigenvalue weighted by Crippen LogP contribution is -2.30. The van der Waals surface area contributed by atoms with Crippen LogP contribution in [-0.2, 0) is 10.3 Å². The molecule has 0 amide bonds. The molecule has 0 spiro atoms. The number of methoxy groups -OCH3 is 2. The number of carbonyl (C=O) groups is 1.